The largest absolute Gasteiger partial charge is 0.468 e. The number of non-ortho nitro benzene ring substituents is 1. The first-order valence-corrected chi connectivity index (χ1v) is 12.3. The van der Waals surface area contributed by atoms with Crippen LogP contribution in [0.15, 0.2) is 41.3 Å². The van der Waals surface area contributed by atoms with Crippen molar-refractivity contribution in [2.75, 3.05) is 27.3 Å². The number of amides is 2. The highest BCUT2D eigenvalue weighted by Crippen LogP contribution is 2.25. The van der Waals surface area contributed by atoms with Gasteiger partial charge in [0.25, 0.3) is 5.69 Å². The van der Waals surface area contributed by atoms with Gasteiger partial charge in [0.2, 0.25) is 15.9 Å². The fourth-order valence-electron chi connectivity index (χ4n) is 3.04. The summed E-state index contributed by atoms with van der Waals surface area (Å²) in [6, 6.07) is -0.276. The van der Waals surface area contributed by atoms with E-state index >= 15 is 0 Å². The van der Waals surface area contributed by atoms with Gasteiger partial charge < -0.3 is 20.1 Å². The molecule has 0 aliphatic heterocycles. The first kappa shape index (κ1) is 32.3. The summed E-state index contributed by atoms with van der Waals surface area (Å²) in [5, 5.41) is 14.4. The number of nitro groups is 1. The third-order valence-corrected chi connectivity index (χ3v) is 6.78. The highest BCUT2D eigenvalue weighted by Gasteiger charge is 2.40. The summed E-state index contributed by atoms with van der Waals surface area (Å²) in [5.41, 5.74) is -0.375. The molecule has 1 rings (SSSR count). The van der Waals surface area contributed by atoms with Crippen LogP contribution in [0.3, 0.4) is 0 Å². The number of carbonyl (C=O) groups is 3. The van der Waals surface area contributed by atoms with E-state index in [0.717, 1.165) is 48.9 Å². The van der Waals surface area contributed by atoms with Crippen LogP contribution < -0.4 is 10.6 Å². The zero-order valence-corrected chi connectivity index (χ0v) is 21.4. The van der Waals surface area contributed by atoms with Crippen molar-refractivity contribution < 1.29 is 50.4 Å². The number of nitrogens with one attached hydrogen (secondary N) is 2. The van der Waals surface area contributed by atoms with Gasteiger partial charge >= 0.3 is 18.2 Å². The molecule has 0 fully saturated rings. The quantitative estimate of drug-likeness (QED) is 0.156. The molecule has 212 valence electrons. The number of methoxy groups -OCH3 is 2. The number of alkyl carbamates (subject to hydrolysis) is 1. The lowest BCUT2D eigenvalue weighted by molar-refractivity contribution is -0.384. The highest BCUT2D eigenvalue weighted by atomic mass is 32.2. The van der Waals surface area contributed by atoms with Gasteiger partial charge in [-0.15, -0.1) is 0 Å². The molecule has 2 atom stereocenters. The second-order valence-corrected chi connectivity index (χ2v) is 9.39. The number of hydrogen-bond donors (Lipinski definition) is 2. The number of rotatable bonds is 13. The van der Waals surface area contributed by atoms with E-state index in [1.165, 1.54) is 0 Å². The van der Waals surface area contributed by atoms with Crippen molar-refractivity contribution in [3.8, 4) is 0 Å². The van der Waals surface area contributed by atoms with Crippen molar-refractivity contribution in [1.29, 1.82) is 0 Å². The van der Waals surface area contributed by atoms with Crippen molar-refractivity contribution in [1.82, 2.24) is 14.9 Å². The average Bonchev–Trinajstić information content (AvgIpc) is 2.86. The molecule has 38 heavy (non-hydrogen) atoms. The third kappa shape index (κ3) is 9.29. The summed E-state index contributed by atoms with van der Waals surface area (Å²) in [5.74, 6) is -2.26. The van der Waals surface area contributed by atoms with Crippen molar-refractivity contribution in [3.05, 3.63) is 46.5 Å². The molecular formula is C21H27F3N4O9S. The SMILES string of the molecule is CCCN(C(C/C=C/[C@@H](NC(=O)CNC(=O)OC)C(F)(F)F)C(=O)OC)S(=O)(=O)c1ccc([N+](=O)[O-])cc1. The van der Waals surface area contributed by atoms with Crippen LogP contribution in [0.4, 0.5) is 23.7 Å². The maximum Gasteiger partial charge on any atom is 0.412 e. The highest BCUT2D eigenvalue weighted by molar-refractivity contribution is 7.89. The molecule has 0 aromatic heterocycles. The van der Waals surface area contributed by atoms with Gasteiger partial charge in [0.05, 0.1) is 24.0 Å². The first-order valence-electron chi connectivity index (χ1n) is 10.9. The Morgan fingerprint density at radius 1 is 1.16 bits per heavy atom. The average molecular weight is 569 g/mol. The Morgan fingerprint density at radius 2 is 1.76 bits per heavy atom. The summed E-state index contributed by atoms with van der Waals surface area (Å²) in [7, 11) is -2.48. The topological polar surface area (TPSA) is 174 Å². The molecule has 2 N–H and O–H groups in total. The van der Waals surface area contributed by atoms with Gasteiger partial charge in [-0.25, -0.2) is 13.2 Å². The monoisotopic (exact) mass is 568 g/mol. The lowest BCUT2D eigenvalue weighted by atomic mass is 10.1. The number of nitro benzene ring substituents is 1. The molecule has 0 bridgehead atoms. The van der Waals surface area contributed by atoms with E-state index in [1.54, 1.807) is 12.2 Å². The second kappa shape index (κ2) is 14.3. The van der Waals surface area contributed by atoms with Crippen LogP contribution >= 0.6 is 0 Å². The normalized spacial score (nSPS) is 13.6. The molecule has 0 heterocycles. The predicted octanol–water partition coefficient (Wildman–Crippen LogP) is 1.89. The smallest absolute Gasteiger partial charge is 0.412 e. The van der Waals surface area contributed by atoms with Crippen LogP contribution in [-0.2, 0) is 29.1 Å². The first-order chi connectivity index (χ1) is 17.7. The molecule has 0 saturated carbocycles. The van der Waals surface area contributed by atoms with Crippen molar-refractivity contribution in [2.45, 2.75) is 42.9 Å². The Morgan fingerprint density at radius 3 is 2.24 bits per heavy atom. The van der Waals surface area contributed by atoms with E-state index in [2.05, 4.69) is 9.47 Å². The number of nitrogens with zero attached hydrogens (tertiary/aromatic N) is 2. The van der Waals surface area contributed by atoms with Gasteiger partial charge in [-0.1, -0.05) is 19.1 Å². The van der Waals surface area contributed by atoms with E-state index in [-0.39, 0.29) is 23.5 Å². The Balaban J connectivity index is 3.24. The van der Waals surface area contributed by atoms with Gasteiger partial charge in [-0.05, 0) is 25.0 Å². The molecule has 0 radical (unpaired) electrons. The maximum absolute atomic E-state index is 13.5. The number of ether oxygens (including phenoxy) is 2. The minimum Gasteiger partial charge on any atom is -0.468 e. The molecule has 1 unspecified atom stereocenters. The van der Waals surface area contributed by atoms with Crippen molar-refractivity contribution >= 4 is 33.7 Å². The Hall–Kier alpha value is -3.73. The molecule has 17 heteroatoms. The summed E-state index contributed by atoms with van der Waals surface area (Å²) >= 11 is 0. The van der Waals surface area contributed by atoms with Gasteiger partial charge in [0, 0.05) is 18.7 Å². The van der Waals surface area contributed by atoms with Crippen LogP contribution in [-0.4, -0.2) is 81.2 Å². The molecular weight excluding hydrogens is 541 g/mol. The van der Waals surface area contributed by atoms with Crippen LogP contribution in [0, 0.1) is 10.1 Å². The molecule has 2 amide bonds. The summed E-state index contributed by atoms with van der Waals surface area (Å²) < 4.78 is 76.5. The number of alkyl halides is 3. The molecule has 0 spiro atoms. The number of sulfonamides is 1. The van der Waals surface area contributed by atoms with Gasteiger partial charge in [0.1, 0.15) is 18.6 Å². The van der Waals surface area contributed by atoms with Crippen molar-refractivity contribution in [3.63, 3.8) is 0 Å². The van der Waals surface area contributed by atoms with E-state index in [4.69, 9.17) is 0 Å². The Bertz CT molecular complexity index is 1130. The lowest BCUT2D eigenvalue weighted by Gasteiger charge is -2.28. The fourth-order valence-corrected chi connectivity index (χ4v) is 4.72. The van der Waals surface area contributed by atoms with E-state index < -0.39 is 64.1 Å². The molecule has 0 saturated heterocycles. The van der Waals surface area contributed by atoms with E-state index in [1.807, 2.05) is 5.32 Å². The Labute approximate surface area is 216 Å². The van der Waals surface area contributed by atoms with Gasteiger partial charge in [-0.3, -0.25) is 19.7 Å². The number of carbonyl (C=O) groups excluding carboxylic acids is 3. The molecule has 0 aliphatic carbocycles. The van der Waals surface area contributed by atoms with Gasteiger partial charge in [-0.2, -0.15) is 17.5 Å². The number of halogens is 3. The minimum absolute atomic E-state index is 0.206. The van der Waals surface area contributed by atoms with Crippen molar-refractivity contribution in [2.24, 2.45) is 0 Å². The number of hydrogen-bond acceptors (Lipinski definition) is 9. The van der Waals surface area contributed by atoms with E-state index in [9.17, 15) is 46.1 Å². The maximum atomic E-state index is 13.5. The summed E-state index contributed by atoms with van der Waals surface area (Å²) in [4.78, 5) is 45.0. The predicted molar refractivity (Wildman–Crippen MR) is 125 cm³/mol. The molecule has 13 nitrogen and oxygen atoms in total. The standard InChI is InChI=1S/C21H27F3N4O9S/c1-4-12-27(38(34,35)15-10-8-14(9-11-15)28(32)33)16(19(30)36-2)6-5-7-17(21(22,23)24)26-18(29)13-25-20(31)37-3/h5,7-11,16-17H,4,6,12-13H2,1-3H3,(H,25,31)(H,26,29)/b7-5+/t16?,17-/m1/s1. The lowest BCUT2D eigenvalue weighted by Crippen LogP contribution is -2.48. The molecule has 1 aromatic carbocycles. The van der Waals surface area contributed by atoms with E-state index in [0.29, 0.717) is 6.08 Å². The zero-order chi connectivity index (χ0) is 29.1. The van der Waals surface area contributed by atoms with Crippen LogP contribution in [0.1, 0.15) is 19.8 Å². The van der Waals surface area contributed by atoms with Crippen LogP contribution in [0.25, 0.3) is 0 Å². The fraction of sp³-hybridized carbons (Fsp3) is 0.476. The summed E-state index contributed by atoms with van der Waals surface area (Å²) in [6.07, 6.45) is -4.98. The molecule has 1 aromatic rings. The van der Waals surface area contributed by atoms with Gasteiger partial charge in [0.15, 0.2) is 0 Å². The van der Waals surface area contributed by atoms with Crippen LogP contribution in [0.2, 0.25) is 0 Å². The third-order valence-electron chi connectivity index (χ3n) is 4.85. The summed E-state index contributed by atoms with van der Waals surface area (Å²) in [6.45, 7) is 0.557. The van der Waals surface area contributed by atoms with Crippen LogP contribution in [0.5, 0.6) is 0 Å². The number of benzene rings is 1. The number of esters is 1. The molecule has 0 aliphatic rings. The second-order valence-electron chi connectivity index (χ2n) is 7.50. The zero-order valence-electron chi connectivity index (χ0n) is 20.6. The minimum atomic E-state index is -4.97. The Kier molecular flexibility index (Phi) is 12.1.